The third-order valence-electron chi connectivity index (χ3n) is 4.34. The first-order valence-corrected chi connectivity index (χ1v) is 8.76. The highest BCUT2D eigenvalue weighted by atomic mass is 16.4. The number of nitrogens with zero attached hydrogens (tertiary/aromatic N) is 1. The van der Waals surface area contributed by atoms with Crippen molar-refractivity contribution in [2.24, 2.45) is 0 Å². The fraction of sp³-hybridized carbons (Fsp3) is 0.333. The molecule has 25 heavy (non-hydrogen) atoms. The molecule has 130 valence electrons. The van der Waals surface area contributed by atoms with Gasteiger partial charge in [-0.1, -0.05) is 35.9 Å². The number of amides is 1. The first-order valence-electron chi connectivity index (χ1n) is 8.76. The van der Waals surface area contributed by atoms with Crippen molar-refractivity contribution in [3.05, 3.63) is 65.1 Å². The monoisotopic (exact) mass is 336 g/mol. The second-order valence-corrected chi connectivity index (χ2v) is 6.48. The van der Waals surface area contributed by atoms with Crippen LogP contribution in [0.2, 0.25) is 0 Å². The fourth-order valence-corrected chi connectivity index (χ4v) is 2.90. The van der Waals surface area contributed by atoms with E-state index in [9.17, 15) is 4.79 Å². The molecule has 0 fully saturated rings. The van der Waals surface area contributed by atoms with Crippen molar-refractivity contribution in [3.8, 4) is 11.5 Å². The lowest BCUT2D eigenvalue weighted by molar-refractivity contribution is -0.121. The Kier molecular flexibility index (Phi) is 5.49. The van der Waals surface area contributed by atoms with Gasteiger partial charge < -0.3 is 9.73 Å². The number of allylic oxidation sites excluding steroid dienone is 3. The summed E-state index contributed by atoms with van der Waals surface area (Å²) in [5.41, 5.74) is 4.36. The number of carbonyl (C=O) groups is 1. The molecule has 0 spiro atoms. The Morgan fingerprint density at radius 1 is 1.32 bits per heavy atom. The van der Waals surface area contributed by atoms with E-state index in [0.29, 0.717) is 18.9 Å². The van der Waals surface area contributed by atoms with Crippen molar-refractivity contribution in [1.82, 2.24) is 10.3 Å². The number of aryl methyl sites for hydroxylation is 3. The molecular formula is C21H24N2O2. The van der Waals surface area contributed by atoms with Crippen molar-refractivity contribution in [2.75, 3.05) is 6.54 Å². The average molecular weight is 336 g/mol. The van der Waals surface area contributed by atoms with Crippen LogP contribution in [0.1, 0.15) is 36.3 Å². The molecule has 0 bridgehead atoms. The van der Waals surface area contributed by atoms with E-state index in [1.165, 1.54) is 11.1 Å². The van der Waals surface area contributed by atoms with Crippen molar-refractivity contribution in [3.63, 3.8) is 0 Å². The highest BCUT2D eigenvalue weighted by molar-refractivity contribution is 5.76. The van der Waals surface area contributed by atoms with Gasteiger partial charge in [0.1, 0.15) is 5.76 Å². The van der Waals surface area contributed by atoms with E-state index in [2.05, 4.69) is 41.5 Å². The standard InChI is InChI=1S/C21H24N2O2/c1-15-7-5-10-18(13-15)21-23-19(16(2)25-21)11-6-12-20(24)22-14-17-8-3-4-9-17/h3-5,7-8,10,13H,6,9,11-12,14H2,1-2H3,(H,22,24). The predicted octanol–water partition coefficient (Wildman–Crippen LogP) is 4.28. The van der Waals surface area contributed by atoms with Gasteiger partial charge in [0.25, 0.3) is 0 Å². The molecule has 1 aliphatic carbocycles. The van der Waals surface area contributed by atoms with Crippen molar-refractivity contribution in [1.29, 1.82) is 0 Å². The first kappa shape index (κ1) is 17.2. The van der Waals surface area contributed by atoms with Crippen LogP contribution >= 0.6 is 0 Å². The molecule has 0 saturated carbocycles. The average Bonchev–Trinajstić information content (AvgIpc) is 3.23. The molecule has 1 aliphatic rings. The maximum absolute atomic E-state index is 11.9. The number of aromatic nitrogens is 1. The van der Waals surface area contributed by atoms with Gasteiger partial charge in [-0.3, -0.25) is 4.79 Å². The van der Waals surface area contributed by atoms with E-state index in [0.717, 1.165) is 36.3 Å². The Morgan fingerprint density at radius 2 is 2.20 bits per heavy atom. The van der Waals surface area contributed by atoms with Crippen LogP contribution in [0.25, 0.3) is 11.5 Å². The lowest BCUT2D eigenvalue weighted by Gasteiger charge is -2.05. The van der Waals surface area contributed by atoms with Crippen LogP contribution in [0, 0.1) is 13.8 Å². The molecule has 0 saturated heterocycles. The SMILES string of the molecule is Cc1cccc(-c2nc(CCCC(=O)NCC3=CC=CC3)c(C)o2)c1. The van der Waals surface area contributed by atoms with Crippen LogP contribution in [0.5, 0.6) is 0 Å². The first-order chi connectivity index (χ1) is 12.1. The summed E-state index contributed by atoms with van der Waals surface area (Å²) in [6.45, 7) is 4.63. The van der Waals surface area contributed by atoms with E-state index in [4.69, 9.17) is 4.42 Å². The largest absolute Gasteiger partial charge is 0.441 e. The predicted molar refractivity (Wildman–Crippen MR) is 99.2 cm³/mol. The zero-order chi connectivity index (χ0) is 17.6. The zero-order valence-corrected chi connectivity index (χ0v) is 14.8. The van der Waals surface area contributed by atoms with Crippen molar-refractivity contribution < 1.29 is 9.21 Å². The molecule has 4 heteroatoms. The number of carbonyl (C=O) groups excluding carboxylic acids is 1. The molecule has 1 heterocycles. The van der Waals surface area contributed by atoms with Gasteiger partial charge in [0, 0.05) is 18.5 Å². The fourth-order valence-electron chi connectivity index (χ4n) is 2.90. The Bertz CT molecular complexity index is 815. The second kappa shape index (κ2) is 7.97. The molecule has 1 N–H and O–H groups in total. The minimum absolute atomic E-state index is 0.0906. The lowest BCUT2D eigenvalue weighted by atomic mass is 10.1. The second-order valence-electron chi connectivity index (χ2n) is 6.48. The molecule has 4 nitrogen and oxygen atoms in total. The van der Waals surface area contributed by atoms with E-state index >= 15 is 0 Å². The van der Waals surface area contributed by atoms with Crippen molar-refractivity contribution >= 4 is 5.91 Å². The number of hydrogen-bond donors (Lipinski definition) is 1. The van der Waals surface area contributed by atoms with Gasteiger partial charge in [-0.15, -0.1) is 0 Å². The van der Waals surface area contributed by atoms with Gasteiger partial charge in [0.2, 0.25) is 11.8 Å². The summed E-state index contributed by atoms with van der Waals surface area (Å²) in [7, 11) is 0. The van der Waals surface area contributed by atoms with Gasteiger partial charge in [-0.2, -0.15) is 0 Å². The maximum Gasteiger partial charge on any atom is 0.226 e. The summed E-state index contributed by atoms with van der Waals surface area (Å²) >= 11 is 0. The number of nitrogens with one attached hydrogen (secondary N) is 1. The third kappa shape index (κ3) is 4.69. The highest BCUT2D eigenvalue weighted by Crippen LogP contribution is 2.23. The molecule has 1 aromatic carbocycles. The maximum atomic E-state index is 11.9. The highest BCUT2D eigenvalue weighted by Gasteiger charge is 2.12. The van der Waals surface area contributed by atoms with E-state index in [-0.39, 0.29) is 5.91 Å². The lowest BCUT2D eigenvalue weighted by Crippen LogP contribution is -2.25. The molecule has 0 aliphatic heterocycles. The Labute approximate surface area is 148 Å². The number of oxazole rings is 1. The van der Waals surface area contributed by atoms with Crippen molar-refractivity contribution in [2.45, 2.75) is 39.5 Å². The van der Waals surface area contributed by atoms with E-state index in [1.807, 2.05) is 25.1 Å². The van der Waals surface area contributed by atoms with Crippen LogP contribution in [0.4, 0.5) is 0 Å². The zero-order valence-electron chi connectivity index (χ0n) is 14.8. The number of benzene rings is 1. The van der Waals surface area contributed by atoms with Crippen LogP contribution in [0.15, 0.2) is 52.5 Å². The van der Waals surface area contributed by atoms with Gasteiger partial charge in [0.15, 0.2) is 0 Å². The molecule has 1 aromatic heterocycles. The molecule has 3 rings (SSSR count). The Morgan fingerprint density at radius 3 is 2.96 bits per heavy atom. The molecule has 0 unspecified atom stereocenters. The van der Waals surface area contributed by atoms with Crippen LogP contribution < -0.4 is 5.32 Å². The van der Waals surface area contributed by atoms with E-state index in [1.54, 1.807) is 0 Å². The molecule has 1 amide bonds. The summed E-state index contributed by atoms with van der Waals surface area (Å²) < 4.78 is 5.80. The minimum atomic E-state index is 0.0906. The Balaban J connectivity index is 1.49. The summed E-state index contributed by atoms with van der Waals surface area (Å²) in [4.78, 5) is 16.5. The minimum Gasteiger partial charge on any atom is -0.441 e. The topological polar surface area (TPSA) is 55.1 Å². The summed E-state index contributed by atoms with van der Waals surface area (Å²) in [5, 5.41) is 2.97. The third-order valence-corrected chi connectivity index (χ3v) is 4.34. The summed E-state index contributed by atoms with van der Waals surface area (Å²) in [6.07, 6.45) is 9.16. The van der Waals surface area contributed by atoms with Gasteiger partial charge >= 0.3 is 0 Å². The van der Waals surface area contributed by atoms with E-state index < -0.39 is 0 Å². The molecule has 0 radical (unpaired) electrons. The van der Waals surface area contributed by atoms with Gasteiger partial charge in [-0.05, 0) is 50.8 Å². The summed E-state index contributed by atoms with van der Waals surface area (Å²) in [5.74, 6) is 1.58. The number of rotatable bonds is 7. The number of hydrogen-bond acceptors (Lipinski definition) is 3. The molecule has 2 aromatic rings. The van der Waals surface area contributed by atoms with Gasteiger partial charge in [-0.25, -0.2) is 4.98 Å². The smallest absolute Gasteiger partial charge is 0.226 e. The van der Waals surface area contributed by atoms with Gasteiger partial charge in [0.05, 0.1) is 5.69 Å². The molecular weight excluding hydrogens is 312 g/mol. The molecule has 0 atom stereocenters. The quantitative estimate of drug-likeness (QED) is 0.821. The van der Waals surface area contributed by atoms with Crippen LogP contribution in [-0.4, -0.2) is 17.4 Å². The summed E-state index contributed by atoms with van der Waals surface area (Å²) in [6, 6.07) is 8.12. The van der Waals surface area contributed by atoms with Crippen LogP contribution in [0.3, 0.4) is 0 Å². The normalized spacial score (nSPS) is 13.1. The van der Waals surface area contributed by atoms with Crippen LogP contribution in [-0.2, 0) is 11.2 Å². The Hall–Kier alpha value is -2.62.